The summed E-state index contributed by atoms with van der Waals surface area (Å²) in [7, 11) is 3.36. The van der Waals surface area contributed by atoms with E-state index in [9.17, 15) is 0 Å². The molecule has 0 bridgehead atoms. The third kappa shape index (κ3) is 2.90. The molecule has 0 aliphatic heterocycles. The molecule has 0 atom stereocenters. The maximum absolute atomic E-state index is 6.29. The molecule has 0 aromatic heterocycles. The van der Waals surface area contributed by atoms with Gasteiger partial charge in [-0.15, -0.1) is 0 Å². The molecule has 0 heterocycles. The average Bonchev–Trinajstić information content (AvgIpc) is 3.08. The Bertz CT molecular complexity index is 482. The Morgan fingerprint density at radius 2 is 1.95 bits per heavy atom. The lowest BCUT2D eigenvalue weighted by atomic mass is 9.91. The van der Waals surface area contributed by atoms with Gasteiger partial charge < -0.3 is 15.2 Å². The molecule has 0 unspecified atom stereocenters. The first kappa shape index (κ1) is 14.7. The zero-order chi connectivity index (χ0) is 14.2. The lowest BCUT2D eigenvalue weighted by Crippen LogP contribution is -2.25. The number of benzene rings is 1. The molecule has 1 aromatic carbocycles. The summed E-state index contributed by atoms with van der Waals surface area (Å²) in [5.74, 6) is 1.96. The first-order chi connectivity index (χ1) is 8.91. The fourth-order valence-electron chi connectivity index (χ4n) is 2.51. The minimum atomic E-state index is -0.0221. The van der Waals surface area contributed by atoms with Crippen molar-refractivity contribution in [1.29, 1.82) is 0 Å². The van der Waals surface area contributed by atoms with Gasteiger partial charge in [-0.25, -0.2) is 0 Å². The summed E-state index contributed by atoms with van der Waals surface area (Å²) in [5, 5.41) is 0. The highest BCUT2D eigenvalue weighted by Crippen LogP contribution is 2.46. The maximum Gasteiger partial charge on any atom is 0.164 e. The van der Waals surface area contributed by atoms with Gasteiger partial charge in [-0.05, 0) is 36.8 Å². The molecule has 0 radical (unpaired) electrons. The molecular formula is C15H22BrNO2. The van der Waals surface area contributed by atoms with Crippen LogP contribution in [0.4, 0.5) is 0 Å². The Morgan fingerprint density at radius 1 is 1.32 bits per heavy atom. The number of rotatable bonds is 5. The van der Waals surface area contributed by atoms with Crippen molar-refractivity contribution in [2.45, 2.75) is 44.6 Å². The van der Waals surface area contributed by atoms with E-state index in [0.717, 1.165) is 35.2 Å². The Labute approximate surface area is 123 Å². The summed E-state index contributed by atoms with van der Waals surface area (Å²) in [4.78, 5) is 0. The van der Waals surface area contributed by atoms with Crippen molar-refractivity contribution in [2.24, 2.45) is 5.73 Å². The summed E-state index contributed by atoms with van der Waals surface area (Å²) in [6.45, 7) is 4.34. The molecule has 1 aliphatic carbocycles. The second kappa shape index (κ2) is 5.33. The van der Waals surface area contributed by atoms with Crippen LogP contribution in [0.2, 0.25) is 0 Å². The van der Waals surface area contributed by atoms with E-state index < -0.39 is 0 Å². The first-order valence-corrected chi connectivity index (χ1v) is 7.43. The van der Waals surface area contributed by atoms with Gasteiger partial charge in [-0.3, -0.25) is 0 Å². The number of hydrogen-bond acceptors (Lipinski definition) is 3. The second-order valence-electron chi connectivity index (χ2n) is 5.68. The van der Waals surface area contributed by atoms with E-state index in [-0.39, 0.29) is 5.54 Å². The normalized spacial score (nSPS) is 16.6. The Kier molecular flexibility index (Phi) is 4.11. The van der Waals surface area contributed by atoms with E-state index in [1.54, 1.807) is 14.2 Å². The summed E-state index contributed by atoms with van der Waals surface area (Å²) in [6, 6.07) is 1.98. The zero-order valence-electron chi connectivity index (χ0n) is 12.0. The molecule has 3 nitrogen and oxygen atoms in total. The van der Waals surface area contributed by atoms with Gasteiger partial charge in [-0.2, -0.15) is 0 Å². The quantitative estimate of drug-likeness (QED) is 0.898. The molecule has 1 aliphatic rings. The van der Waals surface area contributed by atoms with E-state index >= 15 is 0 Å². The smallest absolute Gasteiger partial charge is 0.164 e. The van der Waals surface area contributed by atoms with Gasteiger partial charge in [0.15, 0.2) is 11.5 Å². The molecule has 106 valence electrons. The highest BCUT2D eigenvalue weighted by molar-refractivity contribution is 9.10. The number of halogens is 1. The molecule has 1 saturated carbocycles. The number of methoxy groups -OCH3 is 2. The topological polar surface area (TPSA) is 44.5 Å². The Hall–Kier alpha value is -0.740. The molecule has 0 saturated heterocycles. The number of ether oxygens (including phenoxy) is 2. The van der Waals surface area contributed by atoms with Crippen LogP contribution in [0.5, 0.6) is 11.5 Å². The molecule has 2 rings (SSSR count). The van der Waals surface area contributed by atoms with Gasteiger partial charge in [0.25, 0.3) is 0 Å². The van der Waals surface area contributed by atoms with Crippen LogP contribution in [-0.4, -0.2) is 19.8 Å². The van der Waals surface area contributed by atoms with Crippen LogP contribution >= 0.6 is 15.9 Å². The SMILES string of the molecule is COc1cc(Br)c(CC2(N)CC2)c(C(C)C)c1OC. The van der Waals surface area contributed by atoms with Gasteiger partial charge in [0, 0.05) is 15.6 Å². The number of nitrogens with two attached hydrogens (primary N) is 1. The van der Waals surface area contributed by atoms with Crippen molar-refractivity contribution in [3.63, 3.8) is 0 Å². The third-order valence-corrected chi connectivity index (χ3v) is 4.47. The van der Waals surface area contributed by atoms with Crippen LogP contribution in [0.3, 0.4) is 0 Å². The predicted octanol–water partition coefficient (Wildman–Crippen LogP) is 3.62. The van der Waals surface area contributed by atoms with Crippen molar-refractivity contribution in [3.8, 4) is 11.5 Å². The summed E-state index contributed by atoms with van der Waals surface area (Å²) >= 11 is 3.66. The van der Waals surface area contributed by atoms with Gasteiger partial charge in [0.1, 0.15) is 0 Å². The second-order valence-corrected chi connectivity index (χ2v) is 6.53. The van der Waals surface area contributed by atoms with Crippen molar-refractivity contribution in [2.75, 3.05) is 14.2 Å². The summed E-state index contributed by atoms with van der Waals surface area (Å²) in [5.41, 5.74) is 8.72. The van der Waals surface area contributed by atoms with Gasteiger partial charge >= 0.3 is 0 Å². The Balaban J connectivity index is 2.56. The van der Waals surface area contributed by atoms with E-state index in [0.29, 0.717) is 5.92 Å². The van der Waals surface area contributed by atoms with E-state index in [4.69, 9.17) is 15.2 Å². The molecule has 2 N–H and O–H groups in total. The molecule has 1 aromatic rings. The van der Waals surface area contributed by atoms with E-state index in [1.165, 1.54) is 11.1 Å². The molecule has 0 spiro atoms. The third-order valence-electron chi connectivity index (χ3n) is 3.76. The molecule has 0 amide bonds. The lowest BCUT2D eigenvalue weighted by Gasteiger charge is -2.22. The fourth-order valence-corrected chi connectivity index (χ4v) is 3.07. The van der Waals surface area contributed by atoms with Crippen molar-refractivity contribution < 1.29 is 9.47 Å². The first-order valence-electron chi connectivity index (χ1n) is 6.64. The van der Waals surface area contributed by atoms with Gasteiger partial charge in [0.2, 0.25) is 0 Å². The van der Waals surface area contributed by atoms with E-state index in [1.807, 2.05) is 6.07 Å². The molecular weight excluding hydrogens is 306 g/mol. The minimum Gasteiger partial charge on any atom is -0.493 e. The monoisotopic (exact) mass is 327 g/mol. The van der Waals surface area contributed by atoms with Crippen LogP contribution in [0, 0.1) is 0 Å². The predicted molar refractivity (Wildman–Crippen MR) is 81.2 cm³/mol. The highest BCUT2D eigenvalue weighted by Gasteiger charge is 2.39. The van der Waals surface area contributed by atoms with Crippen LogP contribution in [-0.2, 0) is 6.42 Å². The van der Waals surface area contributed by atoms with Crippen LogP contribution < -0.4 is 15.2 Å². The number of hydrogen-bond donors (Lipinski definition) is 1. The lowest BCUT2D eigenvalue weighted by molar-refractivity contribution is 0.349. The van der Waals surface area contributed by atoms with Gasteiger partial charge in [-0.1, -0.05) is 29.8 Å². The van der Waals surface area contributed by atoms with Crippen molar-refractivity contribution in [3.05, 3.63) is 21.7 Å². The van der Waals surface area contributed by atoms with Crippen molar-refractivity contribution >= 4 is 15.9 Å². The van der Waals surface area contributed by atoms with Gasteiger partial charge in [0.05, 0.1) is 14.2 Å². The highest BCUT2D eigenvalue weighted by atomic mass is 79.9. The van der Waals surface area contributed by atoms with Crippen LogP contribution in [0.1, 0.15) is 43.7 Å². The Morgan fingerprint density at radius 3 is 2.37 bits per heavy atom. The zero-order valence-corrected chi connectivity index (χ0v) is 13.6. The summed E-state index contributed by atoms with van der Waals surface area (Å²) in [6.07, 6.45) is 3.10. The molecule has 4 heteroatoms. The largest absolute Gasteiger partial charge is 0.493 e. The van der Waals surface area contributed by atoms with Crippen LogP contribution in [0.25, 0.3) is 0 Å². The standard InChI is InChI=1S/C15H22BrNO2/c1-9(2)13-10(8-15(17)5-6-15)11(16)7-12(18-3)14(13)19-4/h7,9H,5-6,8,17H2,1-4H3. The molecule has 19 heavy (non-hydrogen) atoms. The minimum absolute atomic E-state index is 0.0221. The maximum atomic E-state index is 6.29. The molecule has 1 fully saturated rings. The van der Waals surface area contributed by atoms with Crippen molar-refractivity contribution in [1.82, 2.24) is 0 Å². The summed E-state index contributed by atoms with van der Waals surface area (Å²) < 4.78 is 12.1. The van der Waals surface area contributed by atoms with Crippen LogP contribution in [0.15, 0.2) is 10.5 Å². The fraction of sp³-hybridized carbons (Fsp3) is 0.600. The average molecular weight is 328 g/mol. The van der Waals surface area contributed by atoms with E-state index in [2.05, 4.69) is 29.8 Å².